The largest absolute Gasteiger partial charge is 0.495 e. The Labute approximate surface area is 153 Å². The number of amides is 2. The van der Waals surface area contributed by atoms with E-state index >= 15 is 0 Å². The average molecular weight is 358 g/mol. The predicted octanol–water partition coefficient (Wildman–Crippen LogP) is 1.81. The monoisotopic (exact) mass is 358 g/mol. The first-order valence-electron chi connectivity index (χ1n) is 9.46. The highest BCUT2D eigenvalue weighted by molar-refractivity contribution is 6.01. The maximum absolute atomic E-state index is 12.9. The highest BCUT2D eigenvalue weighted by Gasteiger charge is 2.49. The smallest absolute Gasteiger partial charge is 0.228 e. The first-order chi connectivity index (χ1) is 12.5. The molecule has 0 bridgehead atoms. The SMILES string of the molecule is COc1ccccc1N1CC(C(=O)N2CCC(C3(O)CC3)CC2)CC1=O. The van der Waals surface area contributed by atoms with Crippen LogP contribution in [-0.4, -0.2) is 54.2 Å². The van der Waals surface area contributed by atoms with Gasteiger partial charge in [-0.05, 0) is 43.7 Å². The summed E-state index contributed by atoms with van der Waals surface area (Å²) in [6.07, 6.45) is 3.77. The number of aliphatic hydroxyl groups is 1. The summed E-state index contributed by atoms with van der Waals surface area (Å²) >= 11 is 0. The summed E-state index contributed by atoms with van der Waals surface area (Å²) in [5.41, 5.74) is 0.268. The lowest BCUT2D eigenvalue weighted by molar-refractivity contribution is -0.137. The van der Waals surface area contributed by atoms with Gasteiger partial charge in [0.25, 0.3) is 0 Å². The summed E-state index contributed by atoms with van der Waals surface area (Å²) in [5.74, 6) is 0.703. The van der Waals surface area contributed by atoms with E-state index in [1.165, 1.54) is 0 Å². The van der Waals surface area contributed by atoms with Crippen molar-refractivity contribution in [2.24, 2.45) is 11.8 Å². The van der Waals surface area contributed by atoms with E-state index in [2.05, 4.69) is 0 Å². The normalized spacial score (nSPS) is 25.5. The summed E-state index contributed by atoms with van der Waals surface area (Å²) in [6.45, 7) is 1.78. The second-order valence-corrected chi connectivity index (χ2v) is 7.78. The van der Waals surface area contributed by atoms with Crippen molar-refractivity contribution >= 4 is 17.5 Å². The van der Waals surface area contributed by atoms with Crippen molar-refractivity contribution in [2.45, 2.75) is 37.7 Å². The number of hydrogen-bond donors (Lipinski definition) is 1. The van der Waals surface area contributed by atoms with E-state index in [1.54, 1.807) is 12.0 Å². The van der Waals surface area contributed by atoms with Gasteiger partial charge in [0, 0.05) is 26.1 Å². The number of piperidine rings is 1. The molecule has 0 spiro atoms. The minimum absolute atomic E-state index is 0.0324. The number of hydrogen-bond acceptors (Lipinski definition) is 4. The van der Waals surface area contributed by atoms with Gasteiger partial charge in [-0.3, -0.25) is 9.59 Å². The Morgan fingerprint density at radius 1 is 1.23 bits per heavy atom. The molecule has 1 aromatic rings. The maximum atomic E-state index is 12.9. The van der Waals surface area contributed by atoms with Crippen LogP contribution in [0.3, 0.4) is 0 Å². The molecule has 26 heavy (non-hydrogen) atoms. The molecule has 1 unspecified atom stereocenters. The highest BCUT2D eigenvalue weighted by Crippen LogP contribution is 2.46. The fourth-order valence-electron chi connectivity index (χ4n) is 4.39. The molecule has 1 aliphatic carbocycles. The second kappa shape index (κ2) is 6.58. The lowest BCUT2D eigenvalue weighted by Gasteiger charge is -2.35. The first-order valence-corrected chi connectivity index (χ1v) is 9.46. The van der Waals surface area contributed by atoms with E-state index < -0.39 is 5.60 Å². The van der Waals surface area contributed by atoms with Crippen molar-refractivity contribution in [2.75, 3.05) is 31.6 Å². The van der Waals surface area contributed by atoms with Crippen molar-refractivity contribution in [3.8, 4) is 5.75 Å². The quantitative estimate of drug-likeness (QED) is 0.891. The van der Waals surface area contributed by atoms with Gasteiger partial charge >= 0.3 is 0 Å². The Kier molecular flexibility index (Phi) is 4.39. The average Bonchev–Trinajstić information content (AvgIpc) is 3.31. The number of rotatable bonds is 4. The number of carbonyl (C=O) groups excluding carboxylic acids is 2. The fraction of sp³-hybridized carbons (Fsp3) is 0.600. The van der Waals surface area contributed by atoms with Gasteiger partial charge in [0.1, 0.15) is 5.75 Å². The fourth-order valence-corrected chi connectivity index (χ4v) is 4.39. The molecule has 0 radical (unpaired) electrons. The molecule has 2 saturated heterocycles. The zero-order valence-electron chi connectivity index (χ0n) is 15.2. The minimum atomic E-state index is -0.459. The van der Waals surface area contributed by atoms with Crippen molar-refractivity contribution in [1.29, 1.82) is 0 Å². The van der Waals surface area contributed by atoms with Crippen molar-refractivity contribution in [1.82, 2.24) is 4.90 Å². The van der Waals surface area contributed by atoms with Gasteiger partial charge < -0.3 is 19.6 Å². The summed E-state index contributed by atoms with van der Waals surface area (Å²) in [7, 11) is 1.58. The Morgan fingerprint density at radius 2 is 1.92 bits per heavy atom. The predicted molar refractivity (Wildman–Crippen MR) is 96.9 cm³/mol. The molecule has 1 aromatic carbocycles. The number of carbonyl (C=O) groups is 2. The van der Waals surface area contributed by atoms with Crippen LogP contribution in [0.2, 0.25) is 0 Å². The van der Waals surface area contributed by atoms with Crippen LogP contribution in [0.5, 0.6) is 5.75 Å². The van der Waals surface area contributed by atoms with E-state index in [0.717, 1.165) is 31.4 Å². The van der Waals surface area contributed by atoms with Crippen LogP contribution in [0.25, 0.3) is 0 Å². The standard InChI is InChI=1S/C20H26N2O4/c1-26-17-5-3-2-4-16(17)22-13-14(12-18(22)23)19(24)21-10-6-15(7-11-21)20(25)8-9-20/h2-5,14-15,25H,6-13H2,1H3. The molecule has 2 heterocycles. The molecular weight excluding hydrogens is 332 g/mol. The number of methoxy groups -OCH3 is 1. The Bertz CT molecular complexity index is 708. The molecule has 1 N–H and O–H groups in total. The van der Waals surface area contributed by atoms with Crippen LogP contribution in [0, 0.1) is 11.8 Å². The Morgan fingerprint density at radius 3 is 2.58 bits per heavy atom. The number of ether oxygens (including phenoxy) is 1. The van der Waals surface area contributed by atoms with E-state index in [9.17, 15) is 14.7 Å². The third-order valence-electron chi connectivity index (χ3n) is 6.18. The molecule has 1 saturated carbocycles. The zero-order chi connectivity index (χ0) is 18.3. The van der Waals surface area contributed by atoms with Crippen LogP contribution in [0.4, 0.5) is 5.69 Å². The molecular formula is C20H26N2O4. The zero-order valence-corrected chi connectivity index (χ0v) is 15.2. The first kappa shape index (κ1) is 17.3. The molecule has 3 fully saturated rings. The molecule has 2 amide bonds. The van der Waals surface area contributed by atoms with Crippen molar-refractivity contribution < 1.29 is 19.4 Å². The molecule has 0 aromatic heterocycles. The summed E-state index contributed by atoms with van der Waals surface area (Å²) in [4.78, 5) is 29.0. The molecule has 140 valence electrons. The maximum Gasteiger partial charge on any atom is 0.228 e. The molecule has 6 heteroatoms. The van der Waals surface area contributed by atoms with Gasteiger partial charge in [-0.1, -0.05) is 12.1 Å². The highest BCUT2D eigenvalue weighted by atomic mass is 16.5. The summed E-state index contributed by atoms with van der Waals surface area (Å²) < 4.78 is 5.35. The van der Waals surface area contributed by atoms with Gasteiger partial charge in [0.15, 0.2) is 0 Å². The van der Waals surface area contributed by atoms with Gasteiger partial charge in [0.2, 0.25) is 11.8 Å². The topological polar surface area (TPSA) is 70.1 Å². The molecule has 1 atom stereocenters. The molecule has 3 aliphatic rings. The number of benzene rings is 1. The van der Waals surface area contributed by atoms with Crippen LogP contribution in [0.15, 0.2) is 24.3 Å². The van der Waals surface area contributed by atoms with Gasteiger partial charge in [0.05, 0.1) is 24.3 Å². The molecule has 2 aliphatic heterocycles. The van der Waals surface area contributed by atoms with E-state index in [0.29, 0.717) is 31.3 Å². The molecule has 6 nitrogen and oxygen atoms in total. The van der Waals surface area contributed by atoms with Crippen molar-refractivity contribution in [3.05, 3.63) is 24.3 Å². The van der Waals surface area contributed by atoms with Gasteiger partial charge in [-0.2, -0.15) is 0 Å². The lowest BCUT2D eigenvalue weighted by Crippen LogP contribution is -2.44. The Hall–Kier alpha value is -2.08. The van der Waals surface area contributed by atoms with Crippen molar-refractivity contribution in [3.63, 3.8) is 0 Å². The Balaban J connectivity index is 1.40. The van der Waals surface area contributed by atoms with Crippen LogP contribution >= 0.6 is 0 Å². The third-order valence-corrected chi connectivity index (χ3v) is 6.18. The van der Waals surface area contributed by atoms with E-state index in [-0.39, 0.29) is 24.2 Å². The number of para-hydroxylation sites is 2. The van der Waals surface area contributed by atoms with E-state index in [1.807, 2.05) is 29.2 Å². The van der Waals surface area contributed by atoms with Crippen LogP contribution < -0.4 is 9.64 Å². The number of anilines is 1. The summed E-state index contributed by atoms with van der Waals surface area (Å²) in [5, 5.41) is 10.3. The third kappa shape index (κ3) is 3.07. The minimum Gasteiger partial charge on any atom is -0.495 e. The second-order valence-electron chi connectivity index (χ2n) is 7.78. The number of likely N-dealkylation sites (tertiary alicyclic amines) is 1. The molecule has 4 rings (SSSR count). The van der Waals surface area contributed by atoms with Gasteiger partial charge in [-0.15, -0.1) is 0 Å². The van der Waals surface area contributed by atoms with Crippen LogP contribution in [-0.2, 0) is 9.59 Å². The lowest BCUT2D eigenvalue weighted by atomic mass is 9.89. The van der Waals surface area contributed by atoms with Gasteiger partial charge in [-0.25, -0.2) is 0 Å². The number of nitrogens with zero attached hydrogens (tertiary/aromatic N) is 2. The van der Waals surface area contributed by atoms with Crippen LogP contribution in [0.1, 0.15) is 32.1 Å². The summed E-state index contributed by atoms with van der Waals surface area (Å²) in [6, 6.07) is 7.41. The van der Waals surface area contributed by atoms with E-state index in [4.69, 9.17) is 4.74 Å².